The largest absolute Gasteiger partial charge is 0.481 e. The van der Waals surface area contributed by atoms with Gasteiger partial charge in [0.05, 0.1) is 11.8 Å². The number of nitrogens with zero attached hydrogens (tertiary/aromatic N) is 2. The van der Waals surface area contributed by atoms with E-state index in [1.165, 1.54) is 5.69 Å². The second-order valence-corrected chi connectivity index (χ2v) is 7.71. The van der Waals surface area contributed by atoms with Crippen LogP contribution >= 0.6 is 0 Å². The fourth-order valence-electron chi connectivity index (χ4n) is 5.19. The standard InChI is InChI=1S/C20H26N2O3/c23-19(17-14-6-8-15(9-7-14)18(17)20(24)25)22-12-10-21(11-13-22)16-4-2-1-3-5-16/h1-5,14-15,17-18H,6-13H2,(H,24,25). The van der Waals surface area contributed by atoms with Gasteiger partial charge in [0.15, 0.2) is 0 Å². The van der Waals surface area contributed by atoms with Gasteiger partial charge in [-0.2, -0.15) is 0 Å². The maximum Gasteiger partial charge on any atom is 0.307 e. The van der Waals surface area contributed by atoms with Crippen molar-refractivity contribution in [2.45, 2.75) is 25.7 Å². The van der Waals surface area contributed by atoms with Gasteiger partial charge in [-0.25, -0.2) is 0 Å². The Morgan fingerprint density at radius 1 is 0.840 bits per heavy atom. The SMILES string of the molecule is O=C(O)C1C2CCC(CC2)C1C(=O)N1CCN(c2ccccc2)CC1. The van der Waals surface area contributed by atoms with Crippen LogP contribution in [0.4, 0.5) is 5.69 Å². The lowest BCUT2D eigenvalue weighted by Crippen LogP contribution is -2.56. The van der Waals surface area contributed by atoms with Crippen LogP contribution in [0.5, 0.6) is 0 Å². The third-order valence-electron chi connectivity index (χ3n) is 6.50. The zero-order valence-corrected chi connectivity index (χ0v) is 14.5. The normalized spacial score (nSPS) is 31.8. The first-order valence-electron chi connectivity index (χ1n) is 9.47. The Morgan fingerprint density at radius 3 is 1.96 bits per heavy atom. The van der Waals surface area contributed by atoms with E-state index in [1.807, 2.05) is 23.1 Å². The lowest BCUT2D eigenvalue weighted by molar-refractivity contribution is -0.162. The summed E-state index contributed by atoms with van der Waals surface area (Å²) in [7, 11) is 0. The number of anilines is 1. The number of carboxylic acid groups (broad SMARTS) is 1. The van der Waals surface area contributed by atoms with Crippen LogP contribution in [0.1, 0.15) is 25.7 Å². The topological polar surface area (TPSA) is 60.9 Å². The number of rotatable bonds is 3. The molecular weight excluding hydrogens is 316 g/mol. The monoisotopic (exact) mass is 342 g/mol. The minimum absolute atomic E-state index is 0.0921. The second-order valence-electron chi connectivity index (χ2n) is 7.71. The molecule has 5 rings (SSSR count). The number of hydrogen-bond acceptors (Lipinski definition) is 3. The van der Waals surface area contributed by atoms with Gasteiger partial charge in [-0.15, -0.1) is 0 Å². The summed E-state index contributed by atoms with van der Waals surface area (Å²) in [6.45, 7) is 3.00. The molecule has 4 aliphatic rings. The molecule has 1 aliphatic heterocycles. The molecule has 2 atom stereocenters. The van der Waals surface area contributed by atoms with Gasteiger partial charge in [0.1, 0.15) is 0 Å². The van der Waals surface area contributed by atoms with Crippen LogP contribution in [0, 0.1) is 23.7 Å². The number of carboxylic acids is 1. The van der Waals surface area contributed by atoms with Crippen LogP contribution < -0.4 is 4.90 Å². The molecule has 0 aromatic heterocycles. The van der Waals surface area contributed by atoms with Crippen molar-refractivity contribution in [3.05, 3.63) is 30.3 Å². The smallest absolute Gasteiger partial charge is 0.307 e. The van der Waals surface area contributed by atoms with Crippen LogP contribution in [0.3, 0.4) is 0 Å². The highest BCUT2D eigenvalue weighted by Gasteiger charge is 2.51. The quantitative estimate of drug-likeness (QED) is 0.917. The van der Waals surface area contributed by atoms with E-state index < -0.39 is 11.9 Å². The highest BCUT2D eigenvalue weighted by atomic mass is 16.4. The van der Waals surface area contributed by atoms with Gasteiger partial charge >= 0.3 is 5.97 Å². The number of piperazine rings is 1. The summed E-state index contributed by atoms with van der Waals surface area (Å²) >= 11 is 0. The summed E-state index contributed by atoms with van der Waals surface area (Å²) in [5.41, 5.74) is 1.19. The van der Waals surface area contributed by atoms with Crippen molar-refractivity contribution in [3.63, 3.8) is 0 Å². The molecule has 0 spiro atoms. The first-order chi connectivity index (χ1) is 12.1. The minimum Gasteiger partial charge on any atom is -0.481 e. The Labute approximate surface area is 148 Å². The van der Waals surface area contributed by atoms with Gasteiger partial charge in [-0.05, 0) is 49.7 Å². The lowest BCUT2D eigenvalue weighted by atomic mass is 9.58. The molecule has 25 heavy (non-hydrogen) atoms. The average Bonchev–Trinajstić information content (AvgIpc) is 2.68. The minimum atomic E-state index is -0.768. The summed E-state index contributed by atoms with van der Waals surface area (Å²) in [6.07, 6.45) is 4.00. The molecular formula is C20H26N2O3. The number of fused-ring (bicyclic) bond motifs is 3. The van der Waals surface area contributed by atoms with E-state index in [-0.39, 0.29) is 23.7 Å². The van der Waals surface area contributed by atoms with E-state index in [1.54, 1.807) is 0 Å². The summed E-state index contributed by atoms with van der Waals surface area (Å²) < 4.78 is 0. The summed E-state index contributed by atoms with van der Waals surface area (Å²) in [5.74, 6) is -0.974. The molecule has 0 radical (unpaired) electrons. The molecule has 1 aromatic rings. The van der Waals surface area contributed by atoms with Gasteiger partial charge in [0.2, 0.25) is 5.91 Å². The summed E-state index contributed by atoms with van der Waals surface area (Å²) in [6, 6.07) is 10.3. The zero-order chi connectivity index (χ0) is 17.4. The van der Waals surface area contributed by atoms with E-state index in [0.717, 1.165) is 38.8 Å². The van der Waals surface area contributed by atoms with Crippen molar-refractivity contribution in [1.82, 2.24) is 4.90 Å². The number of aliphatic carboxylic acids is 1. The average molecular weight is 342 g/mol. The van der Waals surface area contributed by atoms with Crippen molar-refractivity contribution < 1.29 is 14.7 Å². The van der Waals surface area contributed by atoms with Crippen LogP contribution in [0.25, 0.3) is 0 Å². The van der Waals surface area contributed by atoms with Gasteiger partial charge < -0.3 is 14.9 Å². The Balaban J connectivity index is 1.44. The van der Waals surface area contributed by atoms with E-state index in [0.29, 0.717) is 13.1 Å². The second kappa shape index (κ2) is 6.70. The van der Waals surface area contributed by atoms with Crippen molar-refractivity contribution in [2.75, 3.05) is 31.1 Å². The molecule has 5 nitrogen and oxygen atoms in total. The molecule has 1 heterocycles. The molecule has 1 amide bonds. The number of carbonyl (C=O) groups is 2. The number of para-hydroxylation sites is 1. The highest BCUT2D eigenvalue weighted by molar-refractivity contribution is 5.86. The van der Waals surface area contributed by atoms with Crippen LogP contribution in [0.2, 0.25) is 0 Å². The first-order valence-corrected chi connectivity index (χ1v) is 9.47. The molecule has 4 fully saturated rings. The Morgan fingerprint density at radius 2 is 1.40 bits per heavy atom. The van der Waals surface area contributed by atoms with E-state index in [9.17, 15) is 14.7 Å². The van der Waals surface area contributed by atoms with Crippen molar-refractivity contribution in [1.29, 1.82) is 0 Å². The maximum absolute atomic E-state index is 13.1. The fraction of sp³-hybridized carbons (Fsp3) is 0.600. The van der Waals surface area contributed by atoms with Gasteiger partial charge in [-0.1, -0.05) is 18.2 Å². The molecule has 2 bridgehead atoms. The Kier molecular flexibility index (Phi) is 4.40. The molecule has 3 saturated carbocycles. The summed E-state index contributed by atoms with van der Waals surface area (Å²) in [5, 5.41) is 9.69. The van der Waals surface area contributed by atoms with Crippen molar-refractivity contribution in [2.24, 2.45) is 23.7 Å². The molecule has 1 N–H and O–H groups in total. The van der Waals surface area contributed by atoms with Gasteiger partial charge in [0.25, 0.3) is 0 Å². The van der Waals surface area contributed by atoms with Crippen molar-refractivity contribution in [3.8, 4) is 0 Å². The Hall–Kier alpha value is -2.04. The number of carbonyl (C=O) groups excluding carboxylic acids is 1. The molecule has 2 unspecified atom stereocenters. The number of benzene rings is 1. The molecule has 1 aromatic carbocycles. The van der Waals surface area contributed by atoms with Gasteiger partial charge in [0, 0.05) is 31.9 Å². The lowest BCUT2D eigenvalue weighted by Gasteiger charge is -2.48. The fourth-order valence-corrected chi connectivity index (χ4v) is 5.19. The first kappa shape index (κ1) is 16.4. The van der Waals surface area contributed by atoms with E-state index in [4.69, 9.17) is 0 Å². The van der Waals surface area contributed by atoms with Crippen LogP contribution in [-0.4, -0.2) is 48.1 Å². The predicted octanol–water partition coefficient (Wildman–Crippen LogP) is 2.47. The van der Waals surface area contributed by atoms with E-state index in [2.05, 4.69) is 17.0 Å². The predicted molar refractivity (Wildman–Crippen MR) is 95.3 cm³/mol. The molecule has 5 heteroatoms. The Bertz CT molecular complexity index is 632. The van der Waals surface area contributed by atoms with Crippen molar-refractivity contribution >= 4 is 17.6 Å². The van der Waals surface area contributed by atoms with Crippen LogP contribution in [-0.2, 0) is 9.59 Å². The maximum atomic E-state index is 13.1. The van der Waals surface area contributed by atoms with E-state index >= 15 is 0 Å². The highest BCUT2D eigenvalue weighted by Crippen LogP contribution is 2.49. The molecule has 1 saturated heterocycles. The third-order valence-corrected chi connectivity index (χ3v) is 6.50. The van der Waals surface area contributed by atoms with Crippen LogP contribution in [0.15, 0.2) is 30.3 Å². The summed E-state index contributed by atoms with van der Waals surface area (Å²) in [4.78, 5) is 29.2. The number of amides is 1. The molecule has 3 aliphatic carbocycles. The van der Waals surface area contributed by atoms with Gasteiger partial charge in [-0.3, -0.25) is 9.59 Å². The number of hydrogen-bond donors (Lipinski definition) is 1. The zero-order valence-electron chi connectivity index (χ0n) is 14.5. The third kappa shape index (κ3) is 3.00. The molecule has 134 valence electrons.